The van der Waals surface area contributed by atoms with Crippen molar-refractivity contribution in [3.63, 3.8) is 0 Å². The number of carbonyl (C=O) groups excluding carboxylic acids is 6. The number of methoxy groups -OCH3 is 1. The average Bonchev–Trinajstić information content (AvgIpc) is 3.46. The average molecular weight is 660 g/mol. The third-order valence-electron chi connectivity index (χ3n) is 8.51. The Morgan fingerprint density at radius 1 is 0.894 bits per heavy atom. The van der Waals surface area contributed by atoms with Crippen LogP contribution in [-0.2, 0) is 46.4 Å². The molecule has 2 aliphatic heterocycles. The number of hydrogen-bond donors (Lipinski definition) is 3. The summed E-state index contributed by atoms with van der Waals surface area (Å²) in [5.41, 5.74) is 2.24. The van der Waals surface area contributed by atoms with E-state index in [0.717, 1.165) is 5.56 Å². The lowest BCUT2D eigenvalue weighted by Gasteiger charge is -2.31. The van der Waals surface area contributed by atoms with E-state index in [4.69, 9.17) is 9.47 Å². The van der Waals surface area contributed by atoms with Crippen LogP contribution in [0.25, 0.3) is 0 Å². The number of likely N-dealkylation sites (tertiary alicyclic amines) is 1. The van der Waals surface area contributed by atoms with Gasteiger partial charge in [-0.3, -0.25) is 19.2 Å². The normalized spacial score (nSPS) is 18.4. The molecule has 1 saturated heterocycles. The number of amides is 5. The monoisotopic (exact) mass is 659 g/mol. The Bertz CT molecular complexity index is 1270. The number of benzene rings is 1. The van der Waals surface area contributed by atoms with Gasteiger partial charge in [-0.1, -0.05) is 59.4 Å². The Kier molecular flexibility index (Phi) is 15.2. The number of nitrogens with one attached hydrogen (secondary N) is 3. The maximum Gasteiger partial charge on any atom is 0.410 e. The molecule has 3 N–H and O–H groups in total. The second-order valence-electron chi connectivity index (χ2n) is 12.6. The molecule has 0 unspecified atom stereocenters. The number of nitrogens with zero attached hydrogens (tertiary/aromatic N) is 2. The molecule has 13 nitrogen and oxygen atoms in total. The van der Waals surface area contributed by atoms with Crippen molar-refractivity contribution in [2.45, 2.75) is 104 Å². The smallest absolute Gasteiger partial charge is 0.410 e. The van der Waals surface area contributed by atoms with E-state index in [9.17, 15) is 28.8 Å². The topological polar surface area (TPSA) is 163 Å². The van der Waals surface area contributed by atoms with E-state index in [2.05, 4.69) is 16.0 Å². The highest BCUT2D eigenvalue weighted by atomic mass is 16.6. The van der Waals surface area contributed by atoms with Crippen molar-refractivity contribution in [1.29, 1.82) is 0 Å². The Morgan fingerprint density at radius 3 is 2.11 bits per heavy atom. The van der Waals surface area contributed by atoms with E-state index in [1.54, 1.807) is 39.6 Å². The lowest BCUT2D eigenvalue weighted by molar-refractivity contribution is -0.152. The van der Waals surface area contributed by atoms with Gasteiger partial charge in [0.25, 0.3) is 0 Å². The van der Waals surface area contributed by atoms with Crippen molar-refractivity contribution < 1.29 is 38.2 Å². The molecule has 0 aromatic heterocycles. The lowest BCUT2D eigenvalue weighted by Crippen LogP contribution is -2.58. The SMILES string of the molecule is C.CNC(=O)CCCCC(=O)N[C@H](C(=O)N[C@H](C(=O)N1C[C@H](OC(=O)N2CCc3ccccc3C2)C[C@H]1C(=O)OC)C(C)C)C(C)C. The molecule has 0 saturated carbocycles. The van der Waals surface area contributed by atoms with Crippen LogP contribution in [0.3, 0.4) is 0 Å². The second kappa shape index (κ2) is 18.2. The summed E-state index contributed by atoms with van der Waals surface area (Å²) in [6.07, 6.45) is 0.996. The van der Waals surface area contributed by atoms with Crippen LogP contribution in [-0.4, -0.2) is 97.0 Å². The number of carbonyl (C=O) groups is 6. The minimum atomic E-state index is -1.02. The summed E-state index contributed by atoms with van der Waals surface area (Å²) in [6.45, 7) is 7.99. The molecule has 0 bridgehead atoms. The minimum Gasteiger partial charge on any atom is -0.467 e. The molecular weight excluding hydrogens is 606 g/mol. The first kappa shape index (κ1) is 39.0. The van der Waals surface area contributed by atoms with E-state index in [1.165, 1.54) is 17.6 Å². The predicted molar refractivity (Wildman–Crippen MR) is 176 cm³/mol. The Hall–Kier alpha value is -4.16. The summed E-state index contributed by atoms with van der Waals surface area (Å²) >= 11 is 0. The van der Waals surface area contributed by atoms with Crippen molar-refractivity contribution >= 4 is 35.7 Å². The van der Waals surface area contributed by atoms with Gasteiger partial charge in [0.1, 0.15) is 24.2 Å². The Morgan fingerprint density at radius 2 is 1.51 bits per heavy atom. The molecule has 13 heteroatoms. The second-order valence-corrected chi connectivity index (χ2v) is 12.6. The highest BCUT2D eigenvalue weighted by molar-refractivity contribution is 5.94. The lowest BCUT2D eigenvalue weighted by atomic mass is 9.98. The molecule has 4 atom stereocenters. The molecule has 5 amide bonds. The summed E-state index contributed by atoms with van der Waals surface area (Å²) in [5, 5.41) is 8.10. The molecule has 0 spiro atoms. The summed E-state index contributed by atoms with van der Waals surface area (Å²) in [4.78, 5) is 80.2. The van der Waals surface area contributed by atoms with Crippen LogP contribution in [0.4, 0.5) is 4.79 Å². The quantitative estimate of drug-likeness (QED) is 0.215. The van der Waals surface area contributed by atoms with E-state index in [-0.39, 0.29) is 50.5 Å². The van der Waals surface area contributed by atoms with Gasteiger partial charge in [-0.15, -0.1) is 0 Å². The standard InChI is InChI=1S/C33H49N5O8.CH4/c1-20(2)28(35-27(40)14-10-9-13-26(39)34-5)30(41)36-29(21(3)4)31(42)38-19-24(17-25(38)32(43)45-6)46-33(44)37-16-15-22-11-7-8-12-23(22)18-37;/h7-8,11-12,20-21,24-25,28-29H,9-10,13-19H2,1-6H3,(H,34,39)(H,35,40)(H,36,41);1H4/t24-,25+,28+,29+;/m1./s1. The van der Waals surface area contributed by atoms with Gasteiger partial charge in [0.2, 0.25) is 23.6 Å². The zero-order valence-corrected chi connectivity index (χ0v) is 27.8. The van der Waals surface area contributed by atoms with Crippen molar-refractivity contribution in [1.82, 2.24) is 25.8 Å². The van der Waals surface area contributed by atoms with Gasteiger partial charge in [-0.05, 0) is 42.2 Å². The molecule has 2 heterocycles. The molecule has 1 fully saturated rings. The van der Waals surface area contributed by atoms with Gasteiger partial charge in [-0.2, -0.15) is 0 Å². The molecule has 3 rings (SSSR count). The summed E-state index contributed by atoms with van der Waals surface area (Å²) < 4.78 is 10.8. The molecule has 262 valence electrons. The summed E-state index contributed by atoms with van der Waals surface area (Å²) in [5.74, 6) is -2.75. The van der Waals surface area contributed by atoms with Crippen LogP contribution in [0.2, 0.25) is 0 Å². The Balaban J connectivity index is 0.00000768. The van der Waals surface area contributed by atoms with Crippen LogP contribution >= 0.6 is 0 Å². The highest BCUT2D eigenvalue weighted by Crippen LogP contribution is 2.26. The fraction of sp³-hybridized carbons (Fsp3) is 0.647. The van der Waals surface area contributed by atoms with Crippen molar-refractivity contribution in [2.24, 2.45) is 11.8 Å². The predicted octanol–water partition coefficient (Wildman–Crippen LogP) is 2.55. The van der Waals surface area contributed by atoms with Gasteiger partial charge < -0.3 is 35.2 Å². The first-order valence-electron chi connectivity index (χ1n) is 16.1. The van der Waals surface area contributed by atoms with Gasteiger partial charge in [-0.25, -0.2) is 9.59 Å². The zero-order chi connectivity index (χ0) is 34.0. The molecule has 2 aliphatic rings. The fourth-order valence-corrected chi connectivity index (χ4v) is 5.77. The van der Waals surface area contributed by atoms with Crippen molar-refractivity contribution in [3.8, 4) is 0 Å². The maximum absolute atomic E-state index is 13.9. The molecule has 0 aliphatic carbocycles. The van der Waals surface area contributed by atoms with Crippen molar-refractivity contribution in [2.75, 3.05) is 27.2 Å². The number of hydrogen-bond acceptors (Lipinski definition) is 8. The summed E-state index contributed by atoms with van der Waals surface area (Å²) in [6, 6.07) is 4.99. The van der Waals surface area contributed by atoms with Crippen LogP contribution in [0.15, 0.2) is 24.3 Å². The number of esters is 1. The van der Waals surface area contributed by atoms with Crippen LogP contribution in [0, 0.1) is 11.8 Å². The molecule has 1 aromatic rings. The van der Waals surface area contributed by atoms with Crippen LogP contribution in [0.1, 0.15) is 78.4 Å². The molecule has 1 aromatic carbocycles. The first-order chi connectivity index (χ1) is 21.9. The fourth-order valence-electron chi connectivity index (χ4n) is 5.77. The Labute approximate surface area is 278 Å². The van der Waals surface area contributed by atoms with Gasteiger partial charge in [0.05, 0.1) is 13.7 Å². The molecule has 47 heavy (non-hydrogen) atoms. The van der Waals surface area contributed by atoms with Gasteiger partial charge in [0.15, 0.2) is 0 Å². The third-order valence-corrected chi connectivity index (χ3v) is 8.51. The highest BCUT2D eigenvalue weighted by Gasteiger charge is 2.45. The molecular formula is C34H53N5O8. The number of unbranched alkanes of at least 4 members (excludes halogenated alkanes) is 1. The number of ether oxygens (including phenoxy) is 2. The van der Waals surface area contributed by atoms with Gasteiger partial charge in [0, 0.05) is 39.4 Å². The van der Waals surface area contributed by atoms with Crippen molar-refractivity contribution in [3.05, 3.63) is 35.4 Å². The number of fused-ring (bicyclic) bond motifs is 1. The first-order valence-corrected chi connectivity index (χ1v) is 16.1. The number of rotatable bonds is 13. The molecule has 0 radical (unpaired) electrons. The van der Waals surface area contributed by atoms with E-state index >= 15 is 0 Å². The third kappa shape index (κ3) is 10.7. The minimum absolute atomic E-state index is 0. The largest absolute Gasteiger partial charge is 0.467 e. The zero-order valence-electron chi connectivity index (χ0n) is 27.8. The van der Waals surface area contributed by atoms with E-state index in [1.807, 2.05) is 24.3 Å². The van der Waals surface area contributed by atoms with Crippen LogP contribution < -0.4 is 16.0 Å². The summed E-state index contributed by atoms with van der Waals surface area (Å²) in [7, 11) is 2.78. The van der Waals surface area contributed by atoms with E-state index in [0.29, 0.717) is 38.8 Å². The van der Waals surface area contributed by atoms with Gasteiger partial charge >= 0.3 is 12.1 Å². The maximum atomic E-state index is 13.9. The van der Waals surface area contributed by atoms with Crippen LogP contribution in [0.5, 0.6) is 0 Å². The van der Waals surface area contributed by atoms with E-state index < -0.39 is 48.1 Å².